The highest BCUT2D eigenvalue weighted by molar-refractivity contribution is 7.89. The van der Waals surface area contributed by atoms with Crippen molar-refractivity contribution in [3.63, 3.8) is 0 Å². The van der Waals surface area contributed by atoms with Crippen molar-refractivity contribution in [2.24, 2.45) is 0 Å². The molecule has 0 saturated carbocycles. The number of nitrogens with zero attached hydrogens (tertiary/aromatic N) is 5. The topological polar surface area (TPSA) is 148 Å². The number of benzene rings is 1. The van der Waals surface area contributed by atoms with Crippen molar-refractivity contribution >= 4 is 39.4 Å². The summed E-state index contributed by atoms with van der Waals surface area (Å²) in [6.45, 7) is 6.47. The Kier molecular flexibility index (Phi) is 7.14. The summed E-state index contributed by atoms with van der Waals surface area (Å²) in [5.74, 6) is -0.266. The van der Waals surface area contributed by atoms with Crippen LogP contribution in [0.15, 0.2) is 33.6 Å². The molecule has 0 atom stereocenters. The van der Waals surface area contributed by atoms with Gasteiger partial charge in [-0.3, -0.25) is 10.1 Å². The van der Waals surface area contributed by atoms with Gasteiger partial charge in [-0.2, -0.15) is 4.31 Å². The number of amides is 2. The van der Waals surface area contributed by atoms with Gasteiger partial charge in [-0.15, -0.1) is 16.4 Å². The standard InChI is InChI=1S/C21H24N6O6S2/c1-4-32-21(29)26-9-11-27(12-10-26)35(30,31)16-7-5-15(6-8-16)18(28)23-20-25-24-19(33-20)17-13(2)22-14(3)34-17/h5-8H,4,9-12H2,1-3H3,(H,23,25,28). The second-order valence-electron chi connectivity index (χ2n) is 7.63. The Morgan fingerprint density at radius 3 is 2.40 bits per heavy atom. The van der Waals surface area contributed by atoms with Crippen LogP contribution in [0, 0.1) is 13.8 Å². The van der Waals surface area contributed by atoms with E-state index < -0.39 is 22.0 Å². The minimum atomic E-state index is -3.78. The number of carbonyl (C=O) groups is 2. The van der Waals surface area contributed by atoms with Crippen molar-refractivity contribution in [1.82, 2.24) is 24.4 Å². The Morgan fingerprint density at radius 1 is 1.11 bits per heavy atom. The van der Waals surface area contributed by atoms with E-state index in [9.17, 15) is 18.0 Å². The predicted octanol–water partition coefficient (Wildman–Crippen LogP) is 2.53. The van der Waals surface area contributed by atoms with Crippen LogP contribution in [0.1, 0.15) is 28.0 Å². The number of piperazine rings is 1. The average molecular weight is 521 g/mol. The summed E-state index contributed by atoms with van der Waals surface area (Å²) in [6, 6.07) is 5.47. The lowest BCUT2D eigenvalue weighted by Crippen LogP contribution is -2.50. The van der Waals surface area contributed by atoms with Crippen LogP contribution in [-0.4, -0.2) is 77.6 Å². The fourth-order valence-corrected chi connectivity index (χ4v) is 5.78. The summed E-state index contributed by atoms with van der Waals surface area (Å²) in [6.07, 6.45) is -0.453. The van der Waals surface area contributed by atoms with E-state index in [1.165, 1.54) is 44.8 Å². The molecule has 1 N–H and O–H groups in total. The van der Waals surface area contributed by atoms with Gasteiger partial charge in [0.2, 0.25) is 10.0 Å². The van der Waals surface area contributed by atoms with Crippen molar-refractivity contribution in [2.45, 2.75) is 25.7 Å². The highest BCUT2D eigenvalue weighted by Crippen LogP contribution is 2.29. The number of aromatic nitrogens is 3. The molecule has 1 aliphatic heterocycles. The van der Waals surface area contributed by atoms with Crippen LogP contribution in [-0.2, 0) is 14.8 Å². The number of carbonyl (C=O) groups excluding carboxylic acids is 2. The summed E-state index contributed by atoms with van der Waals surface area (Å²) in [5, 5.41) is 11.2. The molecule has 2 aromatic heterocycles. The maximum Gasteiger partial charge on any atom is 0.409 e. The maximum absolute atomic E-state index is 13.0. The largest absolute Gasteiger partial charge is 0.450 e. The minimum absolute atomic E-state index is 0.0507. The van der Waals surface area contributed by atoms with E-state index in [0.29, 0.717) is 0 Å². The third kappa shape index (κ3) is 5.33. The van der Waals surface area contributed by atoms with Crippen LogP contribution in [0.3, 0.4) is 0 Å². The fourth-order valence-electron chi connectivity index (χ4n) is 3.52. The number of nitrogens with one attached hydrogen (secondary N) is 1. The van der Waals surface area contributed by atoms with Crippen molar-refractivity contribution in [2.75, 3.05) is 38.1 Å². The van der Waals surface area contributed by atoms with Crippen LogP contribution in [0.2, 0.25) is 0 Å². The Labute approximate surface area is 206 Å². The van der Waals surface area contributed by atoms with Gasteiger partial charge in [-0.25, -0.2) is 18.2 Å². The fraction of sp³-hybridized carbons (Fsp3) is 0.381. The van der Waals surface area contributed by atoms with Gasteiger partial charge in [0, 0.05) is 31.7 Å². The van der Waals surface area contributed by atoms with Gasteiger partial charge in [-0.05, 0) is 45.0 Å². The Balaban J connectivity index is 1.39. The third-order valence-electron chi connectivity index (χ3n) is 5.26. The van der Waals surface area contributed by atoms with Crippen molar-refractivity contribution in [1.29, 1.82) is 0 Å². The molecule has 0 spiro atoms. The van der Waals surface area contributed by atoms with Crippen LogP contribution in [0.5, 0.6) is 0 Å². The van der Waals surface area contributed by atoms with Gasteiger partial charge in [0.1, 0.15) is 4.88 Å². The van der Waals surface area contributed by atoms with Crippen molar-refractivity contribution < 1.29 is 27.2 Å². The van der Waals surface area contributed by atoms with E-state index in [2.05, 4.69) is 20.5 Å². The molecule has 35 heavy (non-hydrogen) atoms. The molecule has 2 amide bonds. The number of hydrogen-bond donors (Lipinski definition) is 1. The number of ether oxygens (including phenoxy) is 1. The van der Waals surface area contributed by atoms with Gasteiger partial charge in [0.15, 0.2) is 0 Å². The van der Waals surface area contributed by atoms with E-state index in [0.717, 1.165) is 15.6 Å². The lowest BCUT2D eigenvalue weighted by atomic mass is 10.2. The molecule has 1 aromatic carbocycles. The quantitative estimate of drug-likeness (QED) is 0.517. The van der Waals surface area contributed by atoms with Gasteiger partial charge in [-0.1, -0.05) is 5.10 Å². The van der Waals surface area contributed by atoms with Gasteiger partial charge in [0.25, 0.3) is 11.8 Å². The molecule has 12 nitrogen and oxygen atoms in total. The summed E-state index contributed by atoms with van der Waals surface area (Å²) < 4.78 is 37.8. The summed E-state index contributed by atoms with van der Waals surface area (Å²) in [5.41, 5.74) is 0.980. The highest BCUT2D eigenvalue weighted by atomic mass is 32.2. The smallest absolute Gasteiger partial charge is 0.409 e. The van der Waals surface area contributed by atoms with E-state index >= 15 is 0 Å². The average Bonchev–Trinajstić information content (AvgIpc) is 3.44. The Morgan fingerprint density at radius 2 is 1.80 bits per heavy atom. The number of hydrogen-bond acceptors (Lipinski definition) is 10. The second-order valence-corrected chi connectivity index (χ2v) is 10.8. The molecular weight excluding hydrogens is 496 g/mol. The summed E-state index contributed by atoms with van der Waals surface area (Å²) in [7, 11) is -3.78. The maximum atomic E-state index is 13.0. The zero-order chi connectivity index (χ0) is 25.2. The molecule has 186 valence electrons. The Hall–Kier alpha value is -3.36. The number of thiazole rings is 1. The molecule has 0 unspecified atom stereocenters. The number of rotatable bonds is 6. The van der Waals surface area contributed by atoms with E-state index in [1.807, 2.05) is 13.8 Å². The highest BCUT2D eigenvalue weighted by Gasteiger charge is 2.30. The van der Waals surface area contributed by atoms with Crippen LogP contribution >= 0.6 is 11.3 Å². The molecule has 1 aliphatic rings. The zero-order valence-corrected chi connectivity index (χ0v) is 21.0. The molecular formula is C21H24N6O6S2. The van der Waals surface area contributed by atoms with Crippen LogP contribution < -0.4 is 5.32 Å². The minimum Gasteiger partial charge on any atom is -0.450 e. The van der Waals surface area contributed by atoms with E-state index in [4.69, 9.17) is 9.15 Å². The first-order chi connectivity index (χ1) is 16.7. The van der Waals surface area contributed by atoms with Gasteiger partial charge >= 0.3 is 12.1 Å². The molecule has 0 radical (unpaired) electrons. The molecule has 3 aromatic rings. The summed E-state index contributed by atoms with van der Waals surface area (Å²) in [4.78, 5) is 31.0. The first kappa shape index (κ1) is 24.8. The lowest BCUT2D eigenvalue weighted by Gasteiger charge is -2.33. The van der Waals surface area contributed by atoms with Gasteiger partial charge < -0.3 is 14.1 Å². The molecule has 0 bridgehead atoms. The molecule has 3 heterocycles. The SMILES string of the molecule is CCOC(=O)N1CCN(S(=O)(=O)c2ccc(C(=O)Nc3nnc(-c4sc(C)nc4C)o3)cc2)CC1. The first-order valence-electron chi connectivity index (χ1n) is 10.8. The first-order valence-corrected chi connectivity index (χ1v) is 13.1. The van der Waals surface area contributed by atoms with E-state index in [1.54, 1.807) is 6.92 Å². The molecule has 1 fully saturated rings. The van der Waals surface area contributed by atoms with Gasteiger partial charge in [0.05, 0.1) is 22.2 Å². The monoisotopic (exact) mass is 520 g/mol. The van der Waals surface area contributed by atoms with Crippen LogP contribution in [0.4, 0.5) is 10.8 Å². The predicted molar refractivity (Wildman–Crippen MR) is 127 cm³/mol. The molecule has 4 rings (SSSR count). The summed E-state index contributed by atoms with van der Waals surface area (Å²) >= 11 is 1.41. The number of sulfonamides is 1. The number of anilines is 1. The third-order valence-corrected chi connectivity index (χ3v) is 8.24. The van der Waals surface area contributed by atoms with E-state index in [-0.39, 0.29) is 55.2 Å². The molecule has 14 heteroatoms. The van der Waals surface area contributed by atoms with Crippen molar-refractivity contribution in [3.8, 4) is 10.8 Å². The second kappa shape index (κ2) is 10.1. The number of aryl methyl sites for hydroxylation is 2. The molecule has 0 aliphatic carbocycles. The lowest BCUT2D eigenvalue weighted by molar-refractivity contribution is 0.0933. The van der Waals surface area contributed by atoms with Crippen molar-refractivity contribution in [3.05, 3.63) is 40.5 Å². The Bertz CT molecular complexity index is 1330. The van der Waals surface area contributed by atoms with Crippen LogP contribution in [0.25, 0.3) is 10.8 Å². The molecule has 1 saturated heterocycles. The zero-order valence-electron chi connectivity index (χ0n) is 19.3. The normalized spacial score (nSPS) is 14.7.